The first kappa shape index (κ1) is 9.82. The number of benzene rings is 1. The summed E-state index contributed by atoms with van der Waals surface area (Å²) >= 11 is 5.51. The van der Waals surface area contributed by atoms with Crippen molar-refractivity contribution in [3.8, 4) is 11.8 Å². The Morgan fingerprint density at radius 2 is 2.31 bits per heavy atom. The van der Waals surface area contributed by atoms with Crippen molar-refractivity contribution >= 4 is 11.6 Å². The third-order valence-electron chi connectivity index (χ3n) is 1.37. The van der Waals surface area contributed by atoms with Crippen LogP contribution in [0.1, 0.15) is 6.42 Å². The molecule has 0 spiro atoms. The molecule has 13 heavy (non-hydrogen) atoms. The predicted octanol–water partition coefficient (Wildman–Crippen LogP) is 2.77. The van der Waals surface area contributed by atoms with Gasteiger partial charge >= 0.3 is 0 Å². The minimum atomic E-state index is -0.478. The molecule has 0 saturated heterocycles. The molecule has 0 amide bonds. The summed E-state index contributed by atoms with van der Waals surface area (Å²) in [4.78, 5) is 0. The monoisotopic (exact) mass is 199 g/mol. The standard InChI is InChI=1S/C9H7ClFNO/c10-8-6-7(2-3-9(8)11)13-5-1-4-12/h2-3,6H,1,5H2. The normalized spacial score (nSPS) is 9.31. The third-order valence-corrected chi connectivity index (χ3v) is 1.66. The number of halogens is 2. The molecule has 0 aliphatic heterocycles. The van der Waals surface area contributed by atoms with Crippen molar-refractivity contribution in [2.75, 3.05) is 6.61 Å². The van der Waals surface area contributed by atoms with E-state index in [1.807, 2.05) is 6.07 Å². The van der Waals surface area contributed by atoms with Crippen LogP contribution in [0.15, 0.2) is 18.2 Å². The minimum absolute atomic E-state index is 0.0226. The van der Waals surface area contributed by atoms with Crippen molar-refractivity contribution in [1.82, 2.24) is 0 Å². The fourth-order valence-corrected chi connectivity index (χ4v) is 0.952. The van der Waals surface area contributed by atoms with Gasteiger partial charge in [0.25, 0.3) is 0 Å². The first-order chi connectivity index (χ1) is 6.24. The van der Waals surface area contributed by atoms with Crippen LogP contribution in [0.4, 0.5) is 4.39 Å². The average Bonchev–Trinajstić information content (AvgIpc) is 2.12. The van der Waals surface area contributed by atoms with Crippen molar-refractivity contribution in [2.24, 2.45) is 0 Å². The van der Waals surface area contributed by atoms with E-state index < -0.39 is 5.82 Å². The van der Waals surface area contributed by atoms with Crippen LogP contribution in [0.5, 0.6) is 5.75 Å². The second kappa shape index (κ2) is 4.68. The topological polar surface area (TPSA) is 33.0 Å². The summed E-state index contributed by atoms with van der Waals surface area (Å²) in [7, 11) is 0. The van der Waals surface area contributed by atoms with E-state index in [1.165, 1.54) is 18.2 Å². The summed E-state index contributed by atoms with van der Waals surface area (Å²) in [6.45, 7) is 0.290. The van der Waals surface area contributed by atoms with Gasteiger partial charge in [0.1, 0.15) is 18.2 Å². The molecule has 68 valence electrons. The van der Waals surface area contributed by atoms with Gasteiger partial charge in [0, 0.05) is 6.07 Å². The van der Waals surface area contributed by atoms with Gasteiger partial charge in [-0.2, -0.15) is 5.26 Å². The maximum atomic E-state index is 12.6. The molecular weight excluding hydrogens is 193 g/mol. The lowest BCUT2D eigenvalue weighted by atomic mass is 10.3. The summed E-state index contributed by atoms with van der Waals surface area (Å²) in [6.07, 6.45) is 0.301. The molecule has 0 saturated carbocycles. The highest BCUT2D eigenvalue weighted by atomic mass is 35.5. The first-order valence-corrected chi connectivity index (χ1v) is 4.06. The van der Waals surface area contributed by atoms with E-state index in [1.54, 1.807) is 0 Å². The Hall–Kier alpha value is -1.27. The average molecular weight is 200 g/mol. The fourth-order valence-electron chi connectivity index (χ4n) is 0.781. The van der Waals surface area contributed by atoms with E-state index in [4.69, 9.17) is 21.6 Å². The van der Waals surface area contributed by atoms with Crippen LogP contribution >= 0.6 is 11.6 Å². The molecule has 2 nitrogen and oxygen atoms in total. The van der Waals surface area contributed by atoms with Crippen LogP contribution in [0.3, 0.4) is 0 Å². The quantitative estimate of drug-likeness (QED) is 0.702. The van der Waals surface area contributed by atoms with Gasteiger partial charge in [0.15, 0.2) is 0 Å². The van der Waals surface area contributed by atoms with Gasteiger partial charge in [-0.3, -0.25) is 0 Å². The Bertz CT molecular complexity index is 335. The Morgan fingerprint density at radius 1 is 1.54 bits per heavy atom. The molecule has 0 N–H and O–H groups in total. The number of rotatable bonds is 3. The summed E-state index contributed by atoms with van der Waals surface area (Å²) < 4.78 is 17.8. The number of nitrogens with zero attached hydrogens (tertiary/aromatic N) is 1. The smallest absolute Gasteiger partial charge is 0.142 e. The van der Waals surface area contributed by atoms with E-state index in [9.17, 15) is 4.39 Å². The molecule has 0 aliphatic rings. The summed E-state index contributed by atoms with van der Waals surface area (Å²) in [5.41, 5.74) is 0. The molecule has 1 aromatic carbocycles. The zero-order valence-corrected chi connectivity index (χ0v) is 7.51. The van der Waals surface area contributed by atoms with Crippen molar-refractivity contribution in [1.29, 1.82) is 5.26 Å². The molecule has 0 bridgehead atoms. The Morgan fingerprint density at radius 3 is 2.92 bits per heavy atom. The Balaban J connectivity index is 2.59. The van der Waals surface area contributed by atoms with Gasteiger partial charge < -0.3 is 4.74 Å². The second-order valence-electron chi connectivity index (χ2n) is 2.33. The van der Waals surface area contributed by atoms with Gasteiger partial charge in [-0.15, -0.1) is 0 Å². The SMILES string of the molecule is N#CCCOc1ccc(F)c(Cl)c1. The molecule has 0 aromatic heterocycles. The molecule has 1 aromatic rings. The zero-order valence-electron chi connectivity index (χ0n) is 6.76. The lowest BCUT2D eigenvalue weighted by molar-refractivity contribution is 0.326. The zero-order chi connectivity index (χ0) is 9.68. The van der Waals surface area contributed by atoms with Crippen molar-refractivity contribution in [3.05, 3.63) is 29.0 Å². The van der Waals surface area contributed by atoms with E-state index in [-0.39, 0.29) is 5.02 Å². The minimum Gasteiger partial charge on any atom is -0.492 e. The van der Waals surface area contributed by atoms with Gasteiger partial charge in [0.2, 0.25) is 0 Å². The highest BCUT2D eigenvalue weighted by Gasteiger charge is 2.00. The number of nitriles is 1. The summed E-state index contributed by atoms with van der Waals surface area (Å²) in [6, 6.07) is 6.01. The maximum Gasteiger partial charge on any atom is 0.142 e. The molecule has 1 rings (SSSR count). The summed E-state index contributed by atoms with van der Waals surface area (Å²) in [5, 5.41) is 8.25. The van der Waals surface area contributed by atoms with Crippen molar-refractivity contribution < 1.29 is 9.13 Å². The molecule has 4 heteroatoms. The van der Waals surface area contributed by atoms with Crippen LogP contribution < -0.4 is 4.74 Å². The van der Waals surface area contributed by atoms with E-state index in [0.29, 0.717) is 18.8 Å². The fraction of sp³-hybridized carbons (Fsp3) is 0.222. The maximum absolute atomic E-state index is 12.6. The Kier molecular flexibility index (Phi) is 3.53. The predicted molar refractivity (Wildman–Crippen MR) is 47.1 cm³/mol. The molecule has 0 atom stereocenters. The lowest BCUT2D eigenvalue weighted by Gasteiger charge is -2.03. The number of ether oxygens (including phenoxy) is 1. The van der Waals surface area contributed by atoms with Gasteiger partial charge in [-0.05, 0) is 12.1 Å². The largest absolute Gasteiger partial charge is 0.492 e. The van der Waals surface area contributed by atoms with Gasteiger partial charge in [0.05, 0.1) is 17.5 Å². The summed E-state index contributed by atoms with van der Waals surface area (Å²) in [5.74, 6) is -0.00375. The highest BCUT2D eigenvalue weighted by Crippen LogP contribution is 2.20. The van der Waals surface area contributed by atoms with E-state index in [2.05, 4.69) is 0 Å². The number of hydrogen-bond acceptors (Lipinski definition) is 2. The molecule has 0 radical (unpaired) electrons. The molecule has 0 fully saturated rings. The Labute approximate surface area is 80.5 Å². The molecule has 0 unspecified atom stereocenters. The van der Waals surface area contributed by atoms with Gasteiger partial charge in [-0.1, -0.05) is 11.6 Å². The van der Waals surface area contributed by atoms with E-state index in [0.717, 1.165) is 0 Å². The van der Waals surface area contributed by atoms with Crippen LogP contribution in [-0.2, 0) is 0 Å². The second-order valence-corrected chi connectivity index (χ2v) is 2.74. The molecule has 0 heterocycles. The number of hydrogen-bond donors (Lipinski definition) is 0. The van der Waals surface area contributed by atoms with Crippen LogP contribution in [0.2, 0.25) is 5.02 Å². The molecule has 0 aliphatic carbocycles. The van der Waals surface area contributed by atoms with Gasteiger partial charge in [-0.25, -0.2) is 4.39 Å². The van der Waals surface area contributed by atoms with Crippen LogP contribution in [0, 0.1) is 17.1 Å². The van der Waals surface area contributed by atoms with E-state index >= 15 is 0 Å². The van der Waals surface area contributed by atoms with Crippen LogP contribution in [-0.4, -0.2) is 6.61 Å². The highest BCUT2D eigenvalue weighted by molar-refractivity contribution is 6.30. The molecular formula is C9H7ClFNO. The van der Waals surface area contributed by atoms with Crippen molar-refractivity contribution in [2.45, 2.75) is 6.42 Å². The van der Waals surface area contributed by atoms with Crippen LogP contribution in [0.25, 0.3) is 0 Å². The lowest BCUT2D eigenvalue weighted by Crippen LogP contribution is -1.95. The first-order valence-electron chi connectivity index (χ1n) is 3.69. The third kappa shape index (κ3) is 2.92. The van der Waals surface area contributed by atoms with Crippen molar-refractivity contribution in [3.63, 3.8) is 0 Å².